The number of aryl methyl sites for hydroxylation is 1. The monoisotopic (exact) mass is 590 g/mol. The molecule has 1 aliphatic rings. The summed E-state index contributed by atoms with van der Waals surface area (Å²) >= 11 is 3.24. The van der Waals surface area contributed by atoms with Crippen LogP contribution in [0, 0.1) is 6.92 Å². The molecule has 0 saturated carbocycles. The standard InChI is InChI=1S/C31H34N4O4S2/c1-3-32-30(37)33-17-22-6-4-7-24(14-22)25-8-5-9-26(15-25)29-38-27(19-40-31-35-34-20(2)41-31)16-28(39-29)23-12-10-21(18-36)11-13-23/h4-15,27-29,36H,3,16-19H2,1-2H3,(H2,32,33,37)/t27-,28+,29+/m1/s1. The lowest BCUT2D eigenvalue weighted by Gasteiger charge is -2.36. The molecule has 1 aromatic heterocycles. The SMILES string of the molecule is CCNC(=O)NCc1cccc(-c2cccc([C@H]3O[C@@H](CSc4nnc(C)s4)C[C@@H](c4ccc(CO)cc4)O3)c2)c1. The van der Waals surface area contributed by atoms with Gasteiger partial charge >= 0.3 is 6.03 Å². The average Bonchev–Trinajstić information content (AvgIpc) is 3.44. The number of nitrogens with one attached hydrogen (secondary N) is 2. The molecule has 8 nitrogen and oxygen atoms in total. The highest BCUT2D eigenvalue weighted by Gasteiger charge is 2.32. The summed E-state index contributed by atoms with van der Waals surface area (Å²) in [6.45, 7) is 4.88. The second-order valence-electron chi connectivity index (χ2n) is 9.79. The van der Waals surface area contributed by atoms with Gasteiger partial charge in [0, 0.05) is 30.8 Å². The smallest absolute Gasteiger partial charge is 0.315 e. The van der Waals surface area contributed by atoms with Crippen LogP contribution in [0.5, 0.6) is 0 Å². The van der Waals surface area contributed by atoms with Crippen molar-refractivity contribution in [1.29, 1.82) is 0 Å². The predicted molar refractivity (Wildman–Crippen MR) is 162 cm³/mol. The molecular weight excluding hydrogens is 556 g/mol. The number of nitrogens with zero attached hydrogens (tertiary/aromatic N) is 2. The van der Waals surface area contributed by atoms with E-state index in [0.717, 1.165) is 48.5 Å². The zero-order chi connectivity index (χ0) is 28.6. The van der Waals surface area contributed by atoms with Gasteiger partial charge in [-0.1, -0.05) is 83.8 Å². The van der Waals surface area contributed by atoms with E-state index in [2.05, 4.69) is 45.1 Å². The maximum atomic E-state index is 11.8. The Morgan fingerprint density at radius 3 is 2.49 bits per heavy atom. The summed E-state index contributed by atoms with van der Waals surface area (Å²) in [6.07, 6.45) is -0.0518. The number of hydrogen-bond acceptors (Lipinski definition) is 8. The van der Waals surface area contributed by atoms with Crippen molar-refractivity contribution in [1.82, 2.24) is 20.8 Å². The first-order chi connectivity index (χ1) is 20.0. The van der Waals surface area contributed by atoms with Gasteiger partial charge in [0.1, 0.15) is 5.01 Å². The quantitative estimate of drug-likeness (QED) is 0.190. The number of aliphatic hydroxyl groups excluding tert-OH is 1. The number of hydrogen-bond donors (Lipinski definition) is 3. The molecule has 0 spiro atoms. The van der Waals surface area contributed by atoms with Crippen molar-refractivity contribution in [2.24, 2.45) is 0 Å². The minimum absolute atomic E-state index is 0.00800. The average molecular weight is 591 g/mol. The summed E-state index contributed by atoms with van der Waals surface area (Å²) in [5, 5.41) is 24.4. The molecular formula is C31H34N4O4S2. The molecule has 0 bridgehead atoms. The summed E-state index contributed by atoms with van der Waals surface area (Å²) in [6, 6.07) is 24.1. The van der Waals surface area contributed by atoms with Crippen LogP contribution in [-0.4, -0.2) is 39.7 Å². The molecule has 0 radical (unpaired) electrons. The van der Waals surface area contributed by atoms with Gasteiger partial charge in [-0.05, 0) is 53.8 Å². The number of urea groups is 1. The lowest BCUT2D eigenvalue weighted by Crippen LogP contribution is -2.34. The lowest BCUT2D eigenvalue weighted by molar-refractivity contribution is -0.245. The Morgan fingerprint density at radius 2 is 1.76 bits per heavy atom. The highest BCUT2D eigenvalue weighted by molar-refractivity contribution is 8.01. The van der Waals surface area contributed by atoms with Crippen molar-refractivity contribution in [3.05, 3.63) is 100 Å². The number of amides is 2. The van der Waals surface area contributed by atoms with Gasteiger partial charge in [0.2, 0.25) is 0 Å². The van der Waals surface area contributed by atoms with E-state index in [-0.39, 0.29) is 24.8 Å². The third-order valence-corrected chi connectivity index (χ3v) is 8.83. The molecule has 1 fully saturated rings. The van der Waals surface area contributed by atoms with E-state index < -0.39 is 6.29 Å². The topological polar surface area (TPSA) is 106 Å². The highest BCUT2D eigenvalue weighted by Crippen LogP contribution is 2.40. The molecule has 5 rings (SSSR count). The van der Waals surface area contributed by atoms with Crippen LogP contribution in [0.1, 0.15) is 53.0 Å². The number of carbonyl (C=O) groups excluding carboxylic acids is 1. The third-order valence-electron chi connectivity index (χ3n) is 6.72. The summed E-state index contributed by atoms with van der Waals surface area (Å²) in [5.74, 6) is 0.736. The van der Waals surface area contributed by atoms with Crippen LogP contribution >= 0.6 is 23.1 Å². The minimum Gasteiger partial charge on any atom is -0.392 e. The van der Waals surface area contributed by atoms with Crippen molar-refractivity contribution < 1.29 is 19.4 Å². The fraction of sp³-hybridized carbons (Fsp3) is 0.323. The van der Waals surface area contributed by atoms with Crippen LogP contribution in [0.2, 0.25) is 0 Å². The first-order valence-corrected chi connectivity index (χ1v) is 15.5. The first-order valence-electron chi connectivity index (χ1n) is 13.6. The van der Waals surface area contributed by atoms with Crippen molar-refractivity contribution >= 4 is 29.1 Å². The van der Waals surface area contributed by atoms with E-state index in [1.54, 1.807) is 23.1 Å². The van der Waals surface area contributed by atoms with Crippen LogP contribution in [0.4, 0.5) is 4.79 Å². The molecule has 214 valence electrons. The zero-order valence-corrected chi connectivity index (χ0v) is 24.7. The number of benzene rings is 3. The van der Waals surface area contributed by atoms with Gasteiger partial charge in [-0.3, -0.25) is 0 Å². The fourth-order valence-electron chi connectivity index (χ4n) is 4.65. The van der Waals surface area contributed by atoms with Gasteiger partial charge in [-0.25, -0.2) is 4.79 Å². The van der Waals surface area contributed by atoms with Crippen molar-refractivity contribution in [2.75, 3.05) is 12.3 Å². The lowest BCUT2D eigenvalue weighted by atomic mass is 9.99. The van der Waals surface area contributed by atoms with Crippen molar-refractivity contribution in [2.45, 2.75) is 56.3 Å². The number of rotatable bonds is 10. The molecule has 3 N–H and O–H groups in total. The number of thioether (sulfide) groups is 1. The second-order valence-corrected chi connectivity index (χ2v) is 12.2. The number of ether oxygens (including phenoxy) is 2. The maximum absolute atomic E-state index is 11.8. The first kappa shape index (κ1) is 29.2. The van der Waals surface area contributed by atoms with E-state index in [1.165, 1.54) is 0 Å². The van der Waals surface area contributed by atoms with Crippen LogP contribution < -0.4 is 10.6 Å². The number of aromatic nitrogens is 2. The Morgan fingerprint density at radius 1 is 0.976 bits per heavy atom. The largest absolute Gasteiger partial charge is 0.392 e. The number of carbonyl (C=O) groups is 1. The van der Waals surface area contributed by atoms with Crippen LogP contribution in [0.15, 0.2) is 77.1 Å². The molecule has 2 amide bonds. The third kappa shape index (κ3) is 7.93. The fourth-order valence-corrected chi connectivity index (χ4v) is 6.51. The van der Waals surface area contributed by atoms with Crippen molar-refractivity contribution in [3.8, 4) is 11.1 Å². The second kappa shape index (κ2) is 14.1. The Kier molecular flexibility index (Phi) is 10.0. The number of aliphatic hydroxyl groups is 1. The van der Waals surface area contributed by atoms with E-state index in [0.29, 0.717) is 19.5 Å². The van der Waals surface area contributed by atoms with E-state index in [1.807, 2.05) is 62.4 Å². The van der Waals surface area contributed by atoms with Crippen LogP contribution in [0.3, 0.4) is 0 Å². The maximum Gasteiger partial charge on any atom is 0.315 e. The summed E-state index contributed by atoms with van der Waals surface area (Å²) in [5.41, 5.74) is 5.96. The Labute approximate surface area is 248 Å². The normalized spacial score (nSPS) is 18.7. The predicted octanol–water partition coefficient (Wildman–Crippen LogP) is 6.16. The summed E-state index contributed by atoms with van der Waals surface area (Å²) in [7, 11) is 0. The molecule has 1 saturated heterocycles. The highest BCUT2D eigenvalue weighted by atomic mass is 32.2. The van der Waals surface area contributed by atoms with Gasteiger partial charge in [0.25, 0.3) is 0 Å². The molecule has 2 heterocycles. The molecule has 10 heteroatoms. The molecule has 0 unspecified atom stereocenters. The van der Waals surface area contributed by atoms with Gasteiger partial charge in [0.05, 0.1) is 18.8 Å². The van der Waals surface area contributed by atoms with Crippen LogP contribution in [-0.2, 0) is 22.6 Å². The molecule has 1 aliphatic heterocycles. The van der Waals surface area contributed by atoms with E-state index >= 15 is 0 Å². The van der Waals surface area contributed by atoms with Gasteiger partial charge < -0.3 is 25.2 Å². The van der Waals surface area contributed by atoms with Crippen molar-refractivity contribution in [3.63, 3.8) is 0 Å². The zero-order valence-electron chi connectivity index (χ0n) is 23.1. The summed E-state index contributed by atoms with van der Waals surface area (Å²) < 4.78 is 14.0. The molecule has 0 aliphatic carbocycles. The summed E-state index contributed by atoms with van der Waals surface area (Å²) in [4.78, 5) is 11.8. The van der Waals surface area contributed by atoms with E-state index in [4.69, 9.17) is 9.47 Å². The Hall–Kier alpha value is -3.28. The molecule has 4 aromatic rings. The minimum atomic E-state index is -0.546. The Bertz CT molecular complexity index is 1450. The Balaban J connectivity index is 1.35. The van der Waals surface area contributed by atoms with Crippen LogP contribution in [0.25, 0.3) is 11.1 Å². The van der Waals surface area contributed by atoms with Gasteiger partial charge in [0.15, 0.2) is 10.6 Å². The molecule has 41 heavy (non-hydrogen) atoms. The van der Waals surface area contributed by atoms with Gasteiger partial charge in [-0.2, -0.15) is 0 Å². The molecule has 3 atom stereocenters. The van der Waals surface area contributed by atoms with Gasteiger partial charge in [-0.15, -0.1) is 10.2 Å². The van der Waals surface area contributed by atoms with E-state index in [9.17, 15) is 9.90 Å². The molecule has 3 aromatic carbocycles.